The molecule has 3 N–H and O–H groups in total. The topological polar surface area (TPSA) is 108 Å². The van der Waals surface area contributed by atoms with Gasteiger partial charge in [-0.05, 0) is 52.5 Å². The molecule has 1 saturated carbocycles. The van der Waals surface area contributed by atoms with E-state index in [1.165, 1.54) is 11.3 Å². The maximum absolute atomic E-state index is 13.7. The van der Waals surface area contributed by atoms with Crippen LogP contribution in [0.1, 0.15) is 89.8 Å². The second-order valence-corrected chi connectivity index (χ2v) is 10.4. The molecule has 1 fully saturated rings. The molecule has 1 aromatic rings. The smallest absolute Gasteiger partial charge is 0.408 e. The van der Waals surface area contributed by atoms with Crippen molar-refractivity contribution in [2.24, 2.45) is 0 Å². The zero-order valence-corrected chi connectivity index (χ0v) is 21.9. The molecule has 1 aromatic carbocycles. The normalized spacial score (nSPS) is 16.2. The van der Waals surface area contributed by atoms with Crippen LogP contribution < -0.4 is 10.6 Å². The van der Waals surface area contributed by atoms with Crippen LogP contribution in [0, 0.1) is 6.92 Å². The third kappa shape index (κ3) is 9.17. The van der Waals surface area contributed by atoms with Crippen molar-refractivity contribution in [3.05, 3.63) is 35.4 Å². The molecule has 0 heterocycles. The predicted molar refractivity (Wildman–Crippen MR) is 136 cm³/mol. The Morgan fingerprint density at radius 2 is 1.74 bits per heavy atom. The number of rotatable bonds is 10. The molecule has 35 heavy (non-hydrogen) atoms. The minimum atomic E-state index is -1.22. The van der Waals surface area contributed by atoms with Gasteiger partial charge in [-0.3, -0.25) is 9.59 Å². The number of aliphatic hydroxyl groups is 1. The van der Waals surface area contributed by atoms with Crippen molar-refractivity contribution in [1.82, 2.24) is 15.5 Å². The molecule has 0 saturated heterocycles. The van der Waals surface area contributed by atoms with Crippen LogP contribution in [-0.4, -0.2) is 58.8 Å². The Morgan fingerprint density at radius 1 is 1.11 bits per heavy atom. The third-order valence-electron chi connectivity index (χ3n) is 6.11. The van der Waals surface area contributed by atoms with Crippen LogP contribution in [0.25, 0.3) is 0 Å². The number of hydrogen-bond donors (Lipinski definition) is 3. The molecule has 2 unspecified atom stereocenters. The molecule has 2 atom stereocenters. The van der Waals surface area contributed by atoms with Crippen LogP contribution in [0.5, 0.6) is 0 Å². The number of aryl methyl sites for hydroxylation is 1. The fourth-order valence-electron chi connectivity index (χ4n) is 4.28. The average molecular weight is 490 g/mol. The van der Waals surface area contributed by atoms with Gasteiger partial charge in [0.15, 0.2) is 0 Å². The summed E-state index contributed by atoms with van der Waals surface area (Å²) in [6.07, 6.45) is 5.87. The lowest BCUT2D eigenvalue weighted by molar-refractivity contribution is -0.143. The van der Waals surface area contributed by atoms with E-state index < -0.39 is 36.3 Å². The Hall–Kier alpha value is -2.61. The number of amides is 3. The number of nitrogens with one attached hydrogen (secondary N) is 2. The number of alkyl carbamates (subject to hydrolysis) is 1. The number of benzene rings is 1. The van der Waals surface area contributed by atoms with Crippen LogP contribution in [0.3, 0.4) is 0 Å². The summed E-state index contributed by atoms with van der Waals surface area (Å²) in [5.41, 5.74) is 0.994. The first-order valence-electron chi connectivity index (χ1n) is 12.8. The van der Waals surface area contributed by atoms with E-state index >= 15 is 0 Å². The highest BCUT2D eigenvalue weighted by atomic mass is 16.6. The van der Waals surface area contributed by atoms with E-state index in [1.54, 1.807) is 20.8 Å². The molecule has 3 amide bonds. The van der Waals surface area contributed by atoms with E-state index in [9.17, 15) is 19.5 Å². The van der Waals surface area contributed by atoms with E-state index in [0.29, 0.717) is 18.5 Å². The average Bonchev–Trinajstić information content (AvgIpc) is 2.80. The highest BCUT2D eigenvalue weighted by molar-refractivity contribution is 5.92. The standard InChI is InChI=1S/C27H43N3O5/c1-6-7-17-30(25(33)22(18-31)29-26(34)35-27(3,4)5)23(20-15-13-19(2)14-16-20)24(32)28-21-11-9-8-10-12-21/h13-16,21-23,31H,6-12,17-18H2,1-5H3,(H,28,32)(H,29,34). The van der Waals surface area contributed by atoms with Gasteiger partial charge in [0.1, 0.15) is 17.7 Å². The van der Waals surface area contributed by atoms with Crippen LogP contribution in [0.4, 0.5) is 4.79 Å². The number of nitrogens with zero attached hydrogens (tertiary/aromatic N) is 1. The highest BCUT2D eigenvalue weighted by Gasteiger charge is 2.36. The van der Waals surface area contributed by atoms with Gasteiger partial charge < -0.3 is 25.4 Å². The number of hydrogen-bond acceptors (Lipinski definition) is 5. The van der Waals surface area contributed by atoms with E-state index in [1.807, 2.05) is 38.1 Å². The molecule has 0 bridgehead atoms. The number of carbonyl (C=O) groups is 3. The van der Waals surface area contributed by atoms with E-state index in [4.69, 9.17) is 4.74 Å². The number of aliphatic hydroxyl groups excluding tert-OH is 1. The van der Waals surface area contributed by atoms with E-state index in [0.717, 1.165) is 37.7 Å². The summed E-state index contributed by atoms with van der Waals surface area (Å²) < 4.78 is 5.28. The summed E-state index contributed by atoms with van der Waals surface area (Å²) >= 11 is 0. The summed E-state index contributed by atoms with van der Waals surface area (Å²) in [6.45, 7) is 8.85. The lowest BCUT2D eigenvalue weighted by atomic mass is 9.94. The fourth-order valence-corrected chi connectivity index (χ4v) is 4.28. The molecule has 0 spiro atoms. The molecular weight excluding hydrogens is 446 g/mol. The van der Waals surface area contributed by atoms with Crippen molar-refractivity contribution < 1.29 is 24.2 Å². The largest absolute Gasteiger partial charge is 0.444 e. The Bertz CT molecular complexity index is 828. The summed E-state index contributed by atoms with van der Waals surface area (Å²) in [5.74, 6) is -0.754. The Kier molecular flexibility index (Phi) is 11.0. The Labute approximate surface area is 209 Å². The van der Waals surface area contributed by atoms with Crippen molar-refractivity contribution in [1.29, 1.82) is 0 Å². The first-order valence-corrected chi connectivity index (χ1v) is 12.8. The first-order chi connectivity index (χ1) is 16.6. The summed E-state index contributed by atoms with van der Waals surface area (Å²) in [4.78, 5) is 41.2. The van der Waals surface area contributed by atoms with Crippen molar-refractivity contribution in [2.75, 3.05) is 13.2 Å². The molecule has 8 nitrogen and oxygen atoms in total. The van der Waals surface area contributed by atoms with Gasteiger partial charge in [0.2, 0.25) is 11.8 Å². The molecule has 0 aromatic heterocycles. The molecule has 196 valence electrons. The second kappa shape index (κ2) is 13.5. The zero-order valence-electron chi connectivity index (χ0n) is 21.9. The van der Waals surface area contributed by atoms with Crippen LogP contribution in [0.2, 0.25) is 0 Å². The molecule has 8 heteroatoms. The molecule has 0 radical (unpaired) electrons. The van der Waals surface area contributed by atoms with Crippen molar-refractivity contribution in [3.63, 3.8) is 0 Å². The second-order valence-electron chi connectivity index (χ2n) is 10.4. The molecular formula is C27H43N3O5. The van der Waals surface area contributed by atoms with Crippen molar-refractivity contribution in [2.45, 2.75) is 103 Å². The summed E-state index contributed by atoms with van der Waals surface area (Å²) in [5, 5.41) is 15.6. The minimum Gasteiger partial charge on any atom is -0.444 e. The van der Waals surface area contributed by atoms with Crippen LogP contribution in [-0.2, 0) is 14.3 Å². The SMILES string of the molecule is CCCCN(C(=O)C(CO)NC(=O)OC(C)(C)C)C(C(=O)NC1CCCCC1)c1ccc(C)cc1. The van der Waals surface area contributed by atoms with E-state index in [2.05, 4.69) is 10.6 Å². The predicted octanol–water partition coefficient (Wildman–Crippen LogP) is 4.00. The minimum absolute atomic E-state index is 0.0841. The number of carbonyl (C=O) groups excluding carboxylic acids is 3. The zero-order chi connectivity index (χ0) is 26.0. The molecule has 1 aliphatic rings. The van der Waals surface area contributed by atoms with Crippen LogP contribution in [0.15, 0.2) is 24.3 Å². The molecule has 1 aliphatic carbocycles. The maximum atomic E-state index is 13.7. The number of ether oxygens (including phenoxy) is 1. The van der Waals surface area contributed by atoms with Gasteiger partial charge in [0.05, 0.1) is 6.61 Å². The summed E-state index contributed by atoms with van der Waals surface area (Å²) in [6, 6.07) is 5.55. The Balaban J connectivity index is 2.36. The third-order valence-corrected chi connectivity index (χ3v) is 6.11. The van der Waals surface area contributed by atoms with Gasteiger partial charge in [0, 0.05) is 12.6 Å². The van der Waals surface area contributed by atoms with Gasteiger partial charge in [-0.15, -0.1) is 0 Å². The van der Waals surface area contributed by atoms with Gasteiger partial charge in [-0.1, -0.05) is 62.4 Å². The van der Waals surface area contributed by atoms with Gasteiger partial charge in [-0.25, -0.2) is 4.79 Å². The summed E-state index contributed by atoms with van der Waals surface area (Å²) in [7, 11) is 0. The monoisotopic (exact) mass is 489 g/mol. The Morgan fingerprint density at radius 3 is 2.29 bits per heavy atom. The van der Waals surface area contributed by atoms with Gasteiger partial charge in [0.25, 0.3) is 0 Å². The molecule has 2 rings (SSSR count). The van der Waals surface area contributed by atoms with Crippen molar-refractivity contribution in [3.8, 4) is 0 Å². The lowest BCUT2D eigenvalue weighted by Gasteiger charge is -2.35. The fraction of sp³-hybridized carbons (Fsp3) is 0.667. The van der Waals surface area contributed by atoms with Gasteiger partial charge in [-0.2, -0.15) is 0 Å². The quantitative estimate of drug-likeness (QED) is 0.460. The van der Waals surface area contributed by atoms with Crippen LogP contribution >= 0.6 is 0 Å². The van der Waals surface area contributed by atoms with Gasteiger partial charge >= 0.3 is 6.09 Å². The maximum Gasteiger partial charge on any atom is 0.408 e. The lowest BCUT2D eigenvalue weighted by Crippen LogP contribution is -2.55. The van der Waals surface area contributed by atoms with E-state index in [-0.39, 0.29) is 11.9 Å². The highest BCUT2D eigenvalue weighted by Crippen LogP contribution is 2.26. The van der Waals surface area contributed by atoms with Crippen molar-refractivity contribution >= 4 is 17.9 Å². The first kappa shape index (κ1) is 28.6. The molecule has 0 aliphatic heterocycles. The number of unbranched alkanes of at least 4 members (excludes halogenated alkanes) is 1.